The van der Waals surface area contributed by atoms with Crippen molar-refractivity contribution < 1.29 is 19.6 Å². The molecule has 0 aliphatic heterocycles. The van der Waals surface area contributed by atoms with Crippen LogP contribution in [0.4, 0.5) is 10.5 Å². The molecule has 0 spiro atoms. The molecule has 114 valence electrons. The fraction of sp³-hybridized carbons (Fsp3) is 0.333. The predicted octanol–water partition coefficient (Wildman–Crippen LogP) is 1.91. The molecule has 0 unspecified atom stereocenters. The van der Waals surface area contributed by atoms with Crippen LogP contribution >= 0.6 is 11.6 Å². The lowest BCUT2D eigenvalue weighted by Gasteiger charge is -2.21. The van der Waals surface area contributed by atoms with E-state index in [9.17, 15) is 19.7 Å². The second kappa shape index (κ2) is 6.40. The molecular formula is C12H14ClN3O5. The molecule has 0 bridgehead atoms. The highest BCUT2D eigenvalue weighted by molar-refractivity contribution is 6.31. The highest BCUT2D eigenvalue weighted by Crippen LogP contribution is 2.25. The fourth-order valence-corrected chi connectivity index (χ4v) is 1.68. The normalized spacial score (nSPS) is 10.8. The highest BCUT2D eigenvalue weighted by Gasteiger charge is 2.29. The number of carbonyl (C=O) groups is 2. The standard InChI is InChI=1S/C12H14ClN3O5/c1-12(2,10(17)18)15-11(19)14-6-7-8(13)4-3-5-9(7)16(20)21/h3-5H,6H2,1-2H3,(H,17,18)(H2,14,15,19). The van der Waals surface area contributed by atoms with Gasteiger partial charge < -0.3 is 15.7 Å². The Morgan fingerprint density at radius 3 is 2.57 bits per heavy atom. The van der Waals surface area contributed by atoms with Gasteiger partial charge in [-0.3, -0.25) is 10.1 Å². The fourth-order valence-electron chi connectivity index (χ4n) is 1.44. The largest absolute Gasteiger partial charge is 0.480 e. The van der Waals surface area contributed by atoms with E-state index in [1.807, 2.05) is 0 Å². The number of amides is 2. The maximum absolute atomic E-state index is 11.6. The van der Waals surface area contributed by atoms with Crippen molar-refractivity contribution in [3.8, 4) is 0 Å². The van der Waals surface area contributed by atoms with E-state index >= 15 is 0 Å². The van der Waals surface area contributed by atoms with Crippen LogP contribution in [0.15, 0.2) is 18.2 Å². The molecule has 0 saturated carbocycles. The topological polar surface area (TPSA) is 122 Å². The van der Waals surface area contributed by atoms with E-state index < -0.39 is 22.5 Å². The van der Waals surface area contributed by atoms with Gasteiger partial charge >= 0.3 is 12.0 Å². The molecule has 9 heteroatoms. The Kier molecular flexibility index (Phi) is 5.09. The number of carboxylic acids is 1. The molecular weight excluding hydrogens is 302 g/mol. The van der Waals surface area contributed by atoms with Crippen molar-refractivity contribution in [2.45, 2.75) is 25.9 Å². The number of hydrogen-bond donors (Lipinski definition) is 3. The Bertz CT molecular complexity index is 588. The Morgan fingerprint density at radius 2 is 2.05 bits per heavy atom. The molecule has 1 aromatic carbocycles. The number of hydrogen-bond acceptors (Lipinski definition) is 4. The molecule has 0 aliphatic rings. The van der Waals surface area contributed by atoms with Crippen LogP contribution in [-0.4, -0.2) is 27.6 Å². The van der Waals surface area contributed by atoms with E-state index in [1.165, 1.54) is 32.0 Å². The van der Waals surface area contributed by atoms with Crippen LogP contribution in [0.5, 0.6) is 0 Å². The average Bonchev–Trinajstić information content (AvgIpc) is 2.36. The van der Waals surface area contributed by atoms with Gasteiger partial charge in [-0.15, -0.1) is 0 Å². The van der Waals surface area contributed by atoms with Gasteiger partial charge in [-0.25, -0.2) is 9.59 Å². The summed E-state index contributed by atoms with van der Waals surface area (Å²) in [4.78, 5) is 32.8. The van der Waals surface area contributed by atoms with Crippen LogP contribution in [0.1, 0.15) is 19.4 Å². The summed E-state index contributed by atoms with van der Waals surface area (Å²) >= 11 is 5.87. The lowest BCUT2D eigenvalue weighted by Crippen LogP contribution is -2.53. The molecule has 2 amide bonds. The summed E-state index contributed by atoms with van der Waals surface area (Å²) < 4.78 is 0. The number of urea groups is 1. The first-order valence-corrected chi connectivity index (χ1v) is 6.24. The zero-order valence-electron chi connectivity index (χ0n) is 11.3. The summed E-state index contributed by atoms with van der Waals surface area (Å²) in [7, 11) is 0. The summed E-state index contributed by atoms with van der Waals surface area (Å²) in [5, 5.41) is 24.5. The molecule has 0 atom stereocenters. The molecule has 0 fully saturated rings. The Hall–Kier alpha value is -2.35. The number of nitrogens with zero attached hydrogens (tertiary/aromatic N) is 1. The monoisotopic (exact) mass is 315 g/mol. The zero-order chi connectivity index (χ0) is 16.2. The van der Waals surface area contributed by atoms with Crippen molar-refractivity contribution in [2.75, 3.05) is 0 Å². The number of nitrogens with one attached hydrogen (secondary N) is 2. The first-order chi connectivity index (χ1) is 9.65. The molecule has 0 saturated heterocycles. The quantitative estimate of drug-likeness (QED) is 0.566. The SMILES string of the molecule is CC(C)(NC(=O)NCc1c(Cl)cccc1[N+](=O)[O-])C(=O)O. The van der Waals surface area contributed by atoms with E-state index in [4.69, 9.17) is 16.7 Å². The molecule has 0 aliphatic carbocycles. The zero-order valence-corrected chi connectivity index (χ0v) is 12.1. The second-order valence-electron chi connectivity index (χ2n) is 4.73. The van der Waals surface area contributed by atoms with E-state index in [-0.39, 0.29) is 22.8 Å². The van der Waals surface area contributed by atoms with E-state index in [2.05, 4.69) is 10.6 Å². The number of benzene rings is 1. The van der Waals surface area contributed by atoms with E-state index in [1.54, 1.807) is 0 Å². The minimum Gasteiger partial charge on any atom is -0.480 e. The van der Waals surface area contributed by atoms with Gasteiger partial charge in [0.05, 0.1) is 22.1 Å². The molecule has 21 heavy (non-hydrogen) atoms. The number of carbonyl (C=O) groups excluding carboxylic acids is 1. The number of rotatable bonds is 5. The van der Waals surface area contributed by atoms with Crippen molar-refractivity contribution in [1.29, 1.82) is 0 Å². The summed E-state index contributed by atoms with van der Waals surface area (Å²) in [6.45, 7) is 2.43. The number of nitro groups is 1. The van der Waals surface area contributed by atoms with Crippen LogP contribution in [-0.2, 0) is 11.3 Å². The third-order valence-corrected chi connectivity index (χ3v) is 3.03. The van der Waals surface area contributed by atoms with Crippen molar-refractivity contribution in [3.05, 3.63) is 38.9 Å². The Labute approximate surface area is 125 Å². The van der Waals surface area contributed by atoms with Gasteiger partial charge in [0, 0.05) is 6.07 Å². The van der Waals surface area contributed by atoms with Crippen molar-refractivity contribution in [3.63, 3.8) is 0 Å². The maximum Gasteiger partial charge on any atom is 0.328 e. The highest BCUT2D eigenvalue weighted by atomic mass is 35.5. The summed E-state index contributed by atoms with van der Waals surface area (Å²) in [5.74, 6) is -1.21. The van der Waals surface area contributed by atoms with Crippen LogP contribution in [0, 0.1) is 10.1 Å². The van der Waals surface area contributed by atoms with Gasteiger partial charge in [0.1, 0.15) is 5.54 Å². The van der Waals surface area contributed by atoms with Crippen molar-refractivity contribution >= 4 is 29.3 Å². The summed E-state index contributed by atoms with van der Waals surface area (Å²) in [6, 6.07) is 3.39. The minimum atomic E-state index is -1.46. The van der Waals surface area contributed by atoms with Crippen LogP contribution in [0.2, 0.25) is 5.02 Å². The molecule has 0 heterocycles. The molecule has 3 N–H and O–H groups in total. The summed E-state index contributed by atoms with van der Waals surface area (Å²) in [6.07, 6.45) is 0. The van der Waals surface area contributed by atoms with Gasteiger partial charge in [-0.1, -0.05) is 17.7 Å². The lowest BCUT2D eigenvalue weighted by atomic mass is 10.1. The average molecular weight is 316 g/mol. The Morgan fingerprint density at radius 1 is 1.43 bits per heavy atom. The third kappa shape index (κ3) is 4.32. The Balaban J connectivity index is 2.79. The molecule has 0 aromatic heterocycles. The van der Waals surface area contributed by atoms with Gasteiger partial charge in [-0.05, 0) is 19.9 Å². The third-order valence-electron chi connectivity index (χ3n) is 2.68. The molecule has 8 nitrogen and oxygen atoms in total. The van der Waals surface area contributed by atoms with Crippen LogP contribution < -0.4 is 10.6 Å². The molecule has 1 aromatic rings. The van der Waals surface area contributed by atoms with Crippen molar-refractivity contribution in [1.82, 2.24) is 10.6 Å². The smallest absolute Gasteiger partial charge is 0.328 e. The second-order valence-corrected chi connectivity index (χ2v) is 5.14. The number of carboxylic acid groups (broad SMARTS) is 1. The van der Waals surface area contributed by atoms with Gasteiger partial charge in [0.15, 0.2) is 0 Å². The number of aliphatic carboxylic acids is 1. The number of halogens is 1. The lowest BCUT2D eigenvalue weighted by molar-refractivity contribution is -0.385. The number of nitro benzene ring substituents is 1. The van der Waals surface area contributed by atoms with Crippen LogP contribution in [0.3, 0.4) is 0 Å². The van der Waals surface area contributed by atoms with Gasteiger partial charge in [-0.2, -0.15) is 0 Å². The minimum absolute atomic E-state index is 0.141. The summed E-state index contributed by atoms with van der Waals surface area (Å²) in [5.41, 5.74) is -1.54. The van der Waals surface area contributed by atoms with Gasteiger partial charge in [0.25, 0.3) is 5.69 Å². The van der Waals surface area contributed by atoms with Gasteiger partial charge in [0.2, 0.25) is 0 Å². The van der Waals surface area contributed by atoms with Crippen LogP contribution in [0.25, 0.3) is 0 Å². The van der Waals surface area contributed by atoms with E-state index in [0.717, 1.165) is 0 Å². The van der Waals surface area contributed by atoms with E-state index in [0.29, 0.717) is 0 Å². The first-order valence-electron chi connectivity index (χ1n) is 5.86. The predicted molar refractivity (Wildman–Crippen MR) is 75.2 cm³/mol. The molecule has 0 radical (unpaired) electrons. The first kappa shape index (κ1) is 16.7. The van der Waals surface area contributed by atoms with Crippen molar-refractivity contribution in [2.24, 2.45) is 0 Å². The maximum atomic E-state index is 11.6. The molecule has 1 rings (SSSR count).